The van der Waals surface area contributed by atoms with E-state index in [9.17, 15) is 9.18 Å². The largest absolute Gasteiger partial charge is 0.496 e. The van der Waals surface area contributed by atoms with Crippen molar-refractivity contribution in [1.29, 1.82) is 0 Å². The van der Waals surface area contributed by atoms with Crippen LogP contribution in [0.1, 0.15) is 15.2 Å². The molecule has 0 saturated carbocycles. The lowest BCUT2D eigenvalue weighted by Gasteiger charge is -2.08. The Kier molecular flexibility index (Phi) is 4.83. The van der Waals surface area contributed by atoms with E-state index in [2.05, 4.69) is 10.4 Å². The molecule has 142 valence electrons. The molecule has 0 spiro atoms. The van der Waals surface area contributed by atoms with Crippen LogP contribution in [0.5, 0.6) is 5.75 Å². The second-order valence-corrected chi connectivity index (χ2v) is 7.31. The second kappa shape index (κ2) is 7.44. The molecule has 0 aliphatic heterocycles. The Bertz CT molecular complexity index is 1170. The van der Waals surface area contributed by atoms with E-state index in [1.54, 1.807) is 43.1 Å². The third-order valence-electron chi connectivity index (χ3n) is 4.50. The monoisotopic (exact) mass is 395 g/mol. The molecular weight excluding hydrogens is 377 g/mol. The van der Waals surface area contributed by atoms with E-state index in [0.29, 0.717) is 22.7 Å². The number of methoxy groups -OCH3 is 1. The van der Waals surface area contributed by atoms with Crippen LogP contribution in [0.3, 0.4) is 0 Å². The molecule has 7 heteroatoms. The molecule has 28 heavy (non-hydrogen) atoms. The van der Waals surface area contributed by atoms with E-state index in [0.717, 1.165) is 21.5 Å². The van der Waals surface area contributed by atoms with Gasteiger partial charge in [-0.2, -0.15) is 5.10 Å². The van der Waals surface area contributed by atoms with Crippen LogP contribution in [0.2, 0.25) is 0 Å². The molecule has 1 N–H and O–H groups in total. The molecule has 0 aliphatic carbocycles. The average Bonchev–Trinajstić information content (AvgIpc) is 3.28. The maximum atomic E-state index is 14.2. The Morgan fingerprint density at radius 1 is 1.21 bits per heavy atom. The van der Waals surface area contributed by atoms with Crippen molar-refractivity contribution in [2.24, 2.45) is 7.05 Å². The number of carbonyl (C=O) groups is 1. The Morgan fingerprint density at radius 3 is 2.75 bits per heavy atom. The lowest BCUT2D eigenvalue weighted by Crippen LogP contribution is -2.22. The standard InChI is InChI=1S/C21H18FN3O2S/c1-25-21-15(19(24-25)14-8-4-5-9-16(14)22)11-18(28-21)20(26)23-12-13-7-3-6-10-17(13)27-2/h3-11H,12H2,1-2H3,(H,23,26). The number of thiophene rings is 1. The Balaban J connectivity index is 1.62. The van der Waals surface area contributed by atoms with Gasteiger partial charge in [0, 0.05) is 30.1 Å². The predicted molar refractivity (Wildman–Crippen MR) is 108 cm³/mol. The number of nitrogens with one attached hydrogen (secondary N) is 1. The number of aromatic nitrogens is 2. The van der Waals surface area contributed by atoms with Crippen molar-refractivity contribution in [3.05, 3.63) is 70.9 Å². The summed E-state index contributed by atoms with van der Waals surface area (Å²) in [5.41, 5.74) is 1.86. The SMILES string of the molecule is COc1ccccc1CNC(=O)c1cc2c(-c3ccccc3F)nn(C)c2s1. The molecule has 1 amide bonds. The zero-order valence-electron chi connectivity index (χ0n) is 15.4. The highest BCUT2D eigenvalue weighted by molar-refractivity contribution is 7.20. The average molecular weight is 395 g/mol. The number of aryl methyl sites for hydroxylation is 1. The molecule has 2 aromatic carbocycles. The third kappa shape index (κ3) is 3.25. The predicted octanol–water partition coefficient (Wildman–Crippen LogP) is 4.38. The van der Waals surface area contributed by atoms with Crippen LogP contribution in [-0.2, 0) is 13.6 Å². The summed E-state index contributed by atoms with van der Waals surface area (Å²) in [6.45, 7) is 0.357. The molecule has 0 unspecified atom stereocenters. The third-order valence-corrected chi connectivity index (χ3v) is 5.70. The highest BCUT2D eigenvalue weighted by Gasteiger charge is 2.19. The Hall–Kier alpha value is -3.19. The molecule has 4 aromatic rings. The number of hydrogen-bond donors (Lipinski definition) is 1. The lowest BCUT2D eigenvalue weighted by atomic mass is 10.1. The molecule has 0 aliphatic rings. The quantitative estimate of drug-likeness (QED) is 0.546. The number of hydrogen-bond acceptors (Lipinski definition) is 4. The smallest absolute Gasteiger partial charge is 0.261 e. The minimum atomic E-state index is -0.337. The molecule has 0 bridgehead atoms. The van der Waals surface area contributed by atoms with E-state index >= 15 is 0 Å². The summed E-state index contributed by atoms with van der Waals surface area (Å²) >= 11 is 1.33. The molecule has 0 atom stereocenters. The van der Waals surface area contributed by atoms with Crippen LogP contribution in [0.15, 0.2) is 54.6 Å². The van der Waals surface area contributed by atoms with Crippen LogP contribution >= 0.6 is 11.3 Å². The van der Waals surface area contributed by atoms with Gasteiger partial charge in [-0.1, -0.05) is 30.3 Å². The van der Waals surface area contributed by atoms with Gasteiger partial charge in [-0.15, -0.1) is 11.3 Å². The number of carbonyl (C=O) groups excluding carboxylic acids is 1. The Labute approximate surface area is 165 Å². The minimum absolute atomic E-state index is 0.188. The highest BCUT2D eigenvalue weighted by Crippen LogP contribution is 2.34. The number of nitrogens with zero attached hydrogens (tertiary/aromatic N) is 2. The zero-order chi connectivity index (χ0) is 19.7. The first-order valence-corrected chi connectivity index (χ1v) is 9.51. The van der Waals surface area contributed by atoms with Crippen molar-refractivity contribution < 1.29 is 13.9 Å². The normalized spacial score (nSPS) is 11.0. The summed E-state index contributed by atoms with van der Waals surface area (Å²) in [5.74, 6) is 0.202. The van der Waals surface area contributed by atoms with Crippen molar-refractivity contribution >= 4 is 27.5 Å². The number of rotatable bonds is 5. The van der Waals surface area contributed by atoms with Gasteiger partial charge in [0.15, 0.2) is 0 Å². The zero-order valence-corrected chi connectivity index (χ0v) is 16.2. The van der Waals surface area contributed by atoms with E-state index in [1.807, 2.05) is 24.3 Å². The molecular formula is C21H18FN3O2S. The summed E-state index contributed by atoms with van der Waals surface area (Å²) < 4.78 is 21.2. The van der Waals surface area contributed by atoms with Gasteiger partial charge in [0.2, 0.25) is 0 Å². The van der Waals surface area contributed by atoms with Crippen LogP contribution in [0.25, 0.3) is 21.5 Å². The first kappa shape index (κ1) is 18.2. The number of halogens is 1. The van der Waals surface area contributed by atoms with Gasteiger partial charge < -0.3 is 10.1 Å². The topological polar surface area (TPSA) is 56.1 Å². The van der Waals surface area contributed by atoms with Gasteiger partial charge in [-0.25, -0.2) is 4.39 Å². The molecule has 0 radical (unpaired) electrons. The second-order valence-electron chi connectivity index (χ2n) is 6.28. The van der Waals surface area contributed by atoms with Gasteiger partial charge in [0.05, 0.1) is 12.0 Å². The molecule has 0 saturated heterocycles. The lowest BCUT2D eigenvalue weighted by molar-refractivity contribution is 0.0955. The van der Waals surface area contributed by atoms with E-state index in [4.69, 9.17) is 4.74 Å². The fourth-order valence-electron chi connectivity index (χ4n) is 3.12. The van der Waals surface area contributed by atoms with Crippen LogP contribution < -0.4 is 10.1 Å². The van der Waals surface area contributed by atoms with Crippen molar-refractivity contribution in [3.8, 4) is 17.0 Å². The van der Waals surface area contributed by atoms with Gasteiger partial charge >= 0.3 is 0 Å². The van der Waals surface area contributed by atoms with Crippen molar-refractivity contribution in [1.82, 2.24) is 15.1 Å². The first-order valence-electron chi connectivity index (χ1n) is 8.70. The minimum Gasteiger partial charge on any atom is -0.496 e. The van der Waals surface area contributed by atoms with Gasteiger partial charge in [-0.05, 0) is 24.3 Å². The molecule has 2 heterocycles. The number of amides is 1. The van der Waals surface area contributed by atoms with Crippen LogP contribution in [-0.4, -0.2) is 22.8 Å². The number of ether oxygens (including phenoxy) is 1. The fourth-order valence-corrected chi connectivity index (χ4v) is 4.10. The number of fused-ring (bicyclic) bond motifs is 1. The fraction of sp³-hybridized carbons (Fsp3) is 0.143. The van der Waals surface area contributed by atoms with Gasteiger partial charge in [0.1, 0.15) is 22.1 Å². The van der Waals surface area contributed by atoms with Crippen LogP contribution in [0.4, 0.5) is 4.39 Å². The van der Waals surface area contributed by atoms with Gasteiger partial charge in [0.25, 0.3) is 5.91 Å². The van der Waals surface area contributed by atoms with Crippen LogP contribution in [0, 0.1) is 5.82 Å². The Morgan fingerprint density at radius 2 is 1.96 bits per heavy atom. The molecule has 5 nitrogen and oxygen atoms in total. The van der Waals surface area contributed by atoms with Crippen molar-refractivity contribution in [3.63, 3.8) is 0 Å². The first-order chi connectivity index (χ1) is 13.6. The maximum Gasteiger partial charge on any atom is 0.261 e. The molecule has 0 fully saturated rings. The molecule has 2 aromatic heterocycles. The summed E-state index contributed by atoms with van der Waals surface area (Å²) in [5, 5.41) is 8.12. The number of para-hydroxylation sites is 1. The van der Waals surface area contributed by atoms with E-state index in [1.165, 1.54) is 17.4 Å². The molecule has 4 rings (SSSR count). The number of benzene rings is 2. The summed E-state index contributed by atoms with van der Waals surface area (Å²) in [6, 6.07) is 15.8. The summed E-state index contributed by atoms with van der Waals surface area (Å²) in [4.78, 5) is 14.0. The highest BCUT2D eigenvalue weighted by atomic mass is 32.1. The van der Waals surface area contributed by atoms with E-state index in [-0.39, 0.29) is 11.7 Å². The summed E-state index contributed by atoms with van der Waals surface area (Å²) in [7, 11) is 3.39. The van der Waals surface area contributed by atoms with Crippen molar-refractivity contribution in [2.45, 2.75) is 6.54 Å². The van der Waals surface area contributed by atoms with Crippen molar-refractivity contribution in [2.75, 3.05) is 7.11 Å². The maximum absolute atomic E-state index is 14.2. The van der Waals surface area contributed by atoms with Gasteiger partial charge in [-0.3, -0.25) is 9.48 Å². The summed E-state index contributed by atoms with van der Waals surface area (Å²) in [6.07, 6.45) is 0. The van der Waals surface area contributed by atoms with E-state index < -0.39 is 0 Å².